The smallest absolute Gasteiger partial charge is 0.119 e. The molecule has 0 aliphatic heterocycles. The number of hydrogen-bond donors (Lipinski definition) is 1. The Morgan fingerprint density at radius 1 is 1.33 bits per heavy atom. The lowest BCUT2D eigenvalue weighted by Gasteiger charge is -2.18. The molecule has 0 bridgehead atoms. The minimum absolute atomic E-state index is 0.524. The monoisotopic (exact) mass is 216 g/mol. The van der Waals surface area contributed by atoms with Crippen LogP contribution in [0.15, 0.2) is 29.6 Å². The molecule has 0 atom stereocenters. The fraction of sp³-hybridized carbons (Fsp3) is 0.250. The van der Waals surface area contributed by atoms with Crippen molar-refractivity contribution in [2.24, 2.45) is 0 Å². The molecule has 0 fully saturated rings. The van der Waals surface area contributed by atoms with Gasteiger partial charge < -0.3 is 5.32 Å². The van der Waals surface area contributed by atoms with Crippen LogP contribution in [-0.2, 0) is 0 Å². The van der Waals surface area contributed by atoms with Gasteiger partial charge in [0.25, 0.3) is 0 Å². The second-order valence-electron chi connectivity index (χ2n) is 4.01. The van der Waals surface area contributed by atoms with E-state index in [-0.39, 0.29) is 0 Å². The predicted molar refractivity (Wildman–Crippen MR) is 65.1 cm³/mol. The van der Waals surface area contributed by atoms with Crippen LogP contribution in [0.5, 0.6) is 0 Å². The van der Waals surface area contributed by atoms with Gasteiger partial charge in [-0.3, -0.25) is 0 Å². The van der Waals surface area contributed by atoms with Gasteiger partial charge in [-0.15, -0.1) is 11.3 Å². The zero-order valence-corrected chi connectivity index (χ0v) is 9.56. The summed E-state index contributed by atoms with van der Waals surface area (Å²) in [6, 6.07) is 10.4. The summed E-state index contributed by atoms with van der Waals surface area (Å²) in [6.07, 6.45) is 0. The number of rotatable bonds is 2. The number of benzene rings is 1. The van der Waals surface area contributed by atoms with Crippen molar-refractivity contribution in [1.29, 1.82) is 5.26 Å². The van der Waals surface area contributed by atoms with Crippen molar-refractivity contribution in [2.75, 3.05) is 5.32 Å². The van der Waals surface area contributed by atoms with Crippen LogP contribution in [0.2, 0.25) is 0 Å². The maximum atomic E-state index is 8.96. The van der Waals surface area contributed by atoms with E-state index in [1.165, 1.54) is 10.1 Å². The normalized spacial score (nSPS) is 11.3. The van der Waals surface area contributed by atoms with Gasteiger partial charge in [0.2, 0.25) is 0 Å². The zero-order chi connectivity index (χ0) is 10.9. The lowest BCUT2D eigenvalue weighted by Crippen LogP contribution is -2.28. The van der Waals surface area contributed by atoms with Gasteiger partial charge in [0.1, 0.15) is 5.54 Å². The number of fused-ring (bicyclic) bond motifs is 1. The Bertz CT molecular complexity index is 520. The highest BCUT2D eigenvalue weighted by atomic mass is 32.1. The third-order valence-electron chi connectivity index (χ3n) is 2.21. The highest BCUT2D eigenvalue weighted by Gasteiger charge is 2.17. The third-order valence-corrected chi connectivity index (χ3v) is 3.17. The van der Waals surface area contributed by atoms with Gasteiger partial charge in [0, 0.05) is 15.5 Å². The average molecular weight is 216 g/mol. The van der Waals surface area contributed by atoms with Crippen molar-refractivity contribution in [3.05, 3.63) is 29.6 Å². The first kappa shape index (κ1) is 10.0. The second-order valence-corrected chi connectivity index (χ2v) is 4.92. The molecule has 2 nitrogen and oxygen atoms in total. The van der Waals surface area contributed by atoms with Gasteiger partial charge in [-0.1, -0.05) is 18.2 Å². The van der Waals surface area contributed by atoms with Gasteiger partial charge in [0.05, 0.1) is 11.8 Å². The second kappa shape index (κ2) is 3.56. The Labute approximate surface area is 93.2 Å². The molecule has 0 amide bonds. The number of nitrogens with zero attached hydrogens (tertiary/aromatic N) is 1. The van der Waals surface area contributed by atoms with Gasteiger partial charge in [-0.2, -0.15) is 5.26 Å². The van der Waals surface area contributed by atoms with Crippen LogP contribution in [0.3, 0.4) is 0 Å². The van der Waals surface area contributed by atoms with Crippen LogP contribution in [0.4, 0.5) is 5.69 Å². The van der Waals surface area contributed by atoms with Gasteiger partial charge in [-0.05, 0) is 19.9 Å². The summed E-state index contributed by atoms with van der Waals surface area (Å²) in [7, 11) is 0. The lowest BCUT2D eigenvalue weighted by molar-refractivity contribution is 0.730. The Morgan fingerprint density at radius 3 is 2.80 bits per heavy atom. The van der Waals surface area contributed by atoms with Crippen LogP contribution >= 0.6 is 11.3 Å². The van der Waals surface area contributed by atoms with Crippen molar-refractivity contribution >= 4 is 27.1 Å². The standard InChI is InChI=1S/C12H12N2S/c1-12(2,8-13)14-10-7-15-11-6-4-3-5-9(10)11/h3-7,14H,1-2H3. The molecular formula is C12H12N2S. The van der Waals surface area contributed by atoms with E-state index in [0.717, 1.165) is 5.69 Å². The minimum atomic E-state index is -0.524. The molecule has 1 aromatic heterocycles. The molecule has 2 aromatic rings. The number of hydrogen-bond acceptors (Lipinski definition) is 3. The van der Waals surface area contributed by atoms with E-state index in [2.05, 4.69) is 28.9 Å². The molecule has 76 valence electrons. The number of nitriles is 1. The minimum Gasteiger partial charge on any atom is -0.367 e. The quantitative estimate of drug-likeness (QED) is 0.832. The van der Waals surface area contributed by atoms with E-state index in [4.69, 9.17) is 5.26 Å². The number of nitrogens with one attached hydrogen (secondary N) is 1. The molecular weight excluding hydrogens is 204 g/mol. The molecule has 3 heteroatoms. The van der Waals surface area contributed by atoms with E-state index in [1.807, 2.05) is 26.0 Å². The molecule has 0 aliphatic carbocycles. The third kappa shape index (κ3) is 1.95. The summed E-state index contributed by atoms with van der Waals surface area (Å²) in [5.74, 6) is 0. The first-order chi connectivity index (χ1) is 7.12. The SMILES string of the molecule is CC(C)(C#N)Nc1csc2ccccc12. The molecule has 0 saturated carbocycles. The highest BCUT2D eigenvalue weighted by molar-refractivity contribution is 7.17. The molecule has 1 aromatic carbocycles. The highest BCUT2D eigenvalue weighted by Crippen LogP contribution is 2.31. The number of anilines is 1. The summed E-state index contributed by atoms with van der Waals surface area (Å²) >= 11 is 1.69. The Balaban J connectivity index is 2.42. The summed E-state index contributed by atoms with van der Waals surface area (Å²) in [5.41, 5.74) is 0.520. The van der Waals surface area contributed by atoms with Gasteiger partial charge in [-0.25, -0.2) is 0 Å². The number of thiophene rings is 1. The topological polar surface area (TPSA) is 35.8 Å². The first-order valence-corrected chi connectivity index (χ1v) is 5.66. The lowest BCUT2D eigenvalue weighted by atomic mass is 10.1. The summed E-state index contributed by atoms with van der Waals surface area (Å²) < 4.78 is 1.24. The molecule has 0 spiro atoms. The van der Waals surface area contributed by atoms with Crippen molar-refractivity contribution in [2.45, 2.75) is 19.4 Å². The Kier molecular flexibility index (Phi) is 2.37. The van der Waals surface area contributed by atoms with Crippen LogP contribution in [0.1, 0.15) is 13.8 Å². The summed E-state index contributed by atoms with van der Waals surface area (Å²) in [6.45, 7) is 3.75. The molecule has 0 unspecified atom stereocenters. The summed E-state index contributed by atoms with van der Waals surface area (Å²) in [4.78, 5) is 0. The van der Waals surface area contributed by atoms with Crippen molar-refractivity contribution in [1.82, 2.24) is 0 Å². The maximum Gasteiger partial charge on any atom is 0.119 e. The predicted octanol–water partition coefficient (Wildman–Crippen LogP) is 3.62. The van der Waals surface area contributed by atoms with Crippen LogP contribution in [0, 0.1) is 11.3 Å². The molecule has 2 rings (SSSR count). The van der Waals surface area contributed by atoms with Crippen molar-refractivity contribution < 1.29 is 0 Å². The molecule has 0 aliphatic rings. The van der Waals surface area contributed by atoms with E-state index in [0.29, 0.717) is 0 Å². The summed E-state index contributed by atoms with van der Waals surface area (Å²) in [5, 5.41) is 15.4. The molecule has 1 heterocycles. The van der Waals surface area contributed by atoms with Crippen LogP contribution in [-0.4, -0.2) is 5.54 Å². The average Bonchev–Trinajstić information content (AvgIpc) is 2.62. The fourth-order valence-electron chi connectivity index (χ4n) is 1.44. The zero-order valence-electron chi connectivity index (χ0n) is 8.74. The van der Waals surface area contributed by atoms with Crippen LogP contribution in [0.25, 0.3) is 10.1 Å². The molecule has 0 saturated heterocycles. The van der Waals surface area contributed by atoms with Gasteiger partial charge >= 0.3 is 0 Å². The van der Waals surface area contributed by atoms with E-state index >= 15 is 0 Å². The Morgan fingerprint density at radius 2 is 2.07 bits per heavy atom. The molecule has 1 N–H and O–H groups in total. The van der Waals surface area contributed by atoms with E-state index in [1.54, 1.807) is 11.3 Å². The van der Waals surface area contributed by atoms with Crippen LogP contribution < -0.4 is 5.32 Å². The maximum absolute atomic E-state index is 8.96. The van der Waals surface area contributed by atoms with E-state index < -0.39 is 5.54 Å². The van der Waals surface area contributed by atoms with E-state index in [9.17, 15) is 0 Å². The van der Waals surface area contributed by atoms with Crippen molar-refractivity contribution in [3.8, 4) is 6.07 Å². The largest absolute Gasteiger partial charge is 0.367 e. The van der Waals surface area contributed by atoms with Crippen molar-refractivity contribution in [3.63, 3.8) is 0 Å². The first-order valence-electron chi connectivity index (χ1n) is 4.78. The fourth-order valence-corrected chi connectivity index (χ4v) is 2.33. The molecule has 0 radical (unpaired) electrons. The molecule has 15 heavy (non-hydrogen) atoms. The van der Waals surface area contributed by atoms with Gasteiger partial charge in [0.15, 0.2) is 0 Å². The Hall–Kier alpha value is -1.53.